The van der Waals surface area contributed by atoms with Crippen LogP contribution in [0.3, 0.4) is 0 Å². The van der Waals surface area contributed by atoms with E-state index in [2.05, 4.69) is 0 Å². The molecule has 1 aromatic heterocycles. The van der Waals surface area contributed by atoms with E-state index in [1.54, 1.807) is 24.3 Å². The van der Waals surface area contributed by atoms with Gasteiger partial charge in [0.05, 0.1) is 9.23 Å². The van der Waals surface area contributed by atoms with Crippen molar-refractivity contribution >= 4 is 50.5 Å². The first-order valence-electron chi connectivity index (χ1n) is 5.32. The van der Waals surface area contributed by atoms with Gasteiger partial charge in [-0.25, -0.2) is 8.42 Å². The molecule has 0 aliphatic carbocycles. The maximum Gasteiger partial charge on any atom is 0.216 e. The molecule has 0 saturated carbocycles. The first-order chi connectivity index (χ1) is 9.45. The minimum absolute atomic E-state index is 0.0604. The standard InChI is InChI=1S/C13H7Cl2NO2S2/c14-12-7-9(13(15)19-12)6-11(8-16)20(17,18)10-4-2-1-3-5-10/h1-7H/b11-6+. The summed E-state index contributed by atoms with van der Waals surface area (Å²) in [5.41, 5.74) is 0.415. The Labute approximate surface area is 130 Å². The van der Waals surface area contributed by atoms with Crippen molar-refractivity contribution < 1.29 is 8.42 Å². The van der Waals surface area contributed by atoms with Crippen LogP contribution in [0.2, 0.25) is 8.67 Å². The Balaban J connectivity index is 2.54. The maximum absolute atomic E-state index is 12.3. The van der Waals surface area contributed by atoms with Gasteiger partial charge in [0.2, 0.25) is 9.84 Å². The fourth-order valence-electron chi connectivity index (χ4n) is 1.49. The summed E-state index contributed by atoms with van der Waals surface area (Å²) < 4.78 is 25.4. The molecule has 7 heteroatoms. The second kappa shape index (κ2) is 5.98. The molecule has 1 heterocycles. The van der Waals surface area contributed by atoms with E-state index in [-0.39, 0.29) is 9.80 Å². The SMILES string of the molecule is N#C/C(=C\c1cc(Cl)sc1Cl)S(=O)(=O)c1ccccc1. The molecule has 102 valence electrons. The molecule has 3 nitrogen and oxygen atoms in total. The minimum Gasteiger partial charge on any atom is -0.218 e. The van der Waals surface area contributed by atoms with Crippen molar-refractivity contribution in [3.05, 3.63) is 55.5 Å². The van der Waals surface area contributed by atoms with E-state index in [1.165, 1.54) is 24.3 Å². The predicted octanol–water partition coefficient (Wildman–Crippen LogP) is 4.39. The zero-order valence-corrected chi connectivity index (χ0v) is 13.0. The molecule has 2 aromatic rings. The van der Waals surface area contributed by atoms with Crippen LogP contribution < -0.4 is 0 Å². The van der Waals surface area contributed by atoms with Crippen LogP contribution in [0.5, 0.6) is 0 Å². The maximum atomic E-state index is 12.3. The van der Waals surface area contributed by atoms with Gasteiger partial charge in [-0.3, -0.25) is 0 Å². The van der Waals surface area contributed by atoms with Crippen molar-refractivity contribution in [1.82, 2.24) is 0 Å². The second-order valence-corrected chi connectivity index (χ2v) is 7.92. The third kappa shape index (κ3) is 3.05. The van der Waals surface area contributed by atoms with Crippen molar-refractivity contribution in [3.8, 4) is 6.07 Å². The van der Waals surface area contributed by atoms with Gasteiger partial charge in [0, 0.05) is 5.56 Å². The largest absolute Gasteiger partial charge is 0.218 e. The third-order valence-electron chi connectivity index (χ3n) is 2.42. The van der Waals surface area contributed by atoms with Crippen molar-refractivity contribution in [2.45, 2.75) is 4.90 Å². The molecule has 0 spiro atoms. The van der Waals surface area contributed by atoms with Gasteiger partial charge in [0.25, 0.3) is 0 Å². The van der Waals surface area contributed by atoms with E-state index in [0.717, 1.165) is 11.3 Å². The summed E-state index contributed by atoms with van der Waals surface area (Å²) in [6.45, 7) is 0. The van der Waals surface area contributed by atoms with Gasteiger partial charge >= 0.3 is 0 Å². The molecule has 0 saturated heterocycles. The average molecular weight is 344 g/mol. The summed E-state index contributed by atoms with van der Waals surface area (Å²) in [7, 11) is -3.85. The molecule has 0 aliphatic rings. The Kier molecular flexibility index (Phi) is 4.51. The van der Waals surface area contributed by atoms with Crippen LogP contribution in [0.15, 0.2) is 46.2 Å². The molecule has 0 atom stereocenters. The summed E-state index contributed by atoms with van der Waals surface area (Å²) in [4.78, 5) is -0.315. The van der Waals surface area contributed by atoms with Gasteiger partial charge in [0.15, 0.2) is 0 Å². The van der Waals surface area contributed by atoms with Crippen LogP contribution in [0, 0.1) is 11.3 Å². The first kappa shape index (κ1) is 15.1. The Morgan fingerprint density at radius 3 is 2.40 bits per heavy atom. The highest BCUT2D eigenvalue weighted by Crippen LogP contribution is 2.33. The number of halogens is 2. The molecule has 0 bridgehead atoms. The van der Waals surface area contributed by atoms with Gasteiger partial charge in [-0.15, -0.1) is 11.3 Å². The molecule has 2 rings (SSSR count). The van der Waals surface area contributed by atoms with Crippen LogP contribution in [0.25, 0.3) is 6.08 Å². The Bertz CT molecular complexity index is 803. The monoisotopic (exact) mass is 343 g/mol. The average Bonchev–Trinajstić information content (AvgIpc) is 2.75. The summed E-state index contributed by atoms with van der Waals surface area (Å²) in [5.74, 6) is 0. The fraction of sp³-hybridized carbons (Fsp3) is 0. The Morgan fingerprint density at radius 1 is 1.25 bits per heavy atom. The highest BCUT2D eigenvalue weighted by atomic mass is 35.5. The molecule has 0 radical (unpaired) electrons. The van der Waals surface area contributed by atoms with Crippen LogP contribution >= 0.6 is 34.5 Å². The van der Waals surface area contributed by atoms with Crippen LogP contribution in [-0.2, 0) is 9.84 Å². The van der Waals surface area contributed by atoms with Gasteiger partial charge in [-0.05, 0) is 24.3 Å². The molecular weight excluding hydrogens is 337 g/mol. The highest BCUT2D eigenvalue weighted by molar-refractivity contribution is 7.95. The zero-order valence-electron chi connectivity index (χ0n) is 9.88. The number of nitriles is 1. The van der Waals surface area contributed by atoms with E-state index in [4.69, 9.17) is 28.5 Å². The molecule has 0 N–H and O–H groups in total. The smallest absolute Gasteiger partial charge is 0.216 e. The number of thiophene rings is 1. The molecule has 0 fully saturated rings. The summed E-state index contributed by atoms with van der Waals surface area (Å²) in [6, 6.07) is 11.0. The van der Waals surface area contributed by atoms with Gasteiger partial charge in [0.1, 0.15) is 15.3 Å². The summed E-state index contributed by atoms with van der Waals surface area (Å²) in [5, 5.41) is 9.11. The third-order valence-corrected chi connectivity index (χ3v) is 5.62. The number of benzene rings is 1. The van der Waals surface area contributed by atoms with Gasteiger partial charge < -0.3 is 0 Å². The molecule has 0 unspecified atom stereocenters. The number of hydrogen-bond donors (Lipinski definition) is 0. The van der Waals surface area contributed by atoms with E-state index >= 15 is 0 Å². The lowest BCUT2D eigenvalue weighted by molar-refractivity contribution is 0.603. The van der Waals surface area contributed by atoms with Crippen LogP contribution in [-0.4, -0.2) is 8.42 Å². The molecule has 1 aromatic carbocycles. The van der Waals surface area contributed by atoms with Crippen molar-refractivity contribution in [2.75, 3.05) is 0 Å². The van der Waals surface area contributed by atoms with Crippen molar-refractivity contribution in [1.29, 1.82) is 5.26 Å². The quantitative estimate of drug-likeness (QED) is 0.776. The Morgan fingerprint density at radius 2 is 1.90 bits per heavy atom. The highest BCUT2D eigenvalue weighted by Gasteiger charge is 2.21. The normalized spacial score (nSPS) is 12.2. The topological polar surface area (TPSA) is 57.9 Å². The second-order valence-electron chi connectivity index (χ2n) is 3.72. The van der Waals surface area contributed by atoms with Gasteiger partial charge in [-0.1, -0.05) is 41.4 Å². The Hall–Kier alpha value is -1.32. The molecule has 0 aliphatic heterocycles. The van der Waals surface area contributed by atoms with Crippen LogP contribution in [0.1, 0.15) is 5.56 Å². The zero-order chi connectivity index (χ0) is 14.8. The predicted molar refractivity (Wildman–Crippen MR) is 81.6 cm³/mol. The summed E-state index contributed by atoms with van der Waals surface area (Å²) in [6.07, 6.45) is 1.23. The molecular formula is C13H7Cl2NO2S2. The summed E-state index contributed by atoms with van der Waals surface area (Å²) >= 11 is 12.8. The minimum atomic E-state index is -3.85. The lowest BCUT2D eigenvalue weighted by Crippen LogP contribution is -2.03. The van der Waals surface area contributed by atoms with E-state index in [0.29, 0.717) is 14.2 Å². The number of hydrogen-bond acceptors (Lipinski definition) is 4. The first-order valence-corrected chi connectivity index (χ1v) is 8.37. The van der Waals surface area contributed by atoms with E-state index in [1.807, 2.05) is 0 Å². The number of sulfone groups is 1. The van der Waals surface area contributed by atoms with E-state index in [9.17, 15) is 8.42 Å². The number of allylic oxidation sites excluding steroid dienone is 1. The molecule has 0 amide bonds. The number of nitrogens with zero attached hydrogens (tertiary/aromatic N) is 1. The van der Waals surface area contributed by atoms with Crippen LogP contribution in [0.4, 0.5) is 0 Å². The van der Waals surface area contributed by atoms with Crippen molar-refractivity contribution in [2.24, 2.45) is 0 Å². The molecule has 20 heavy (non-hydrogen) atoms. The van der Waals surface area contributed by atoms with E-state index < -0.39 is 9.84 Å². The lowest BCUT2D eigenvalue weighted by atomic mass is 10.3. The lowest BCUT2D eigenvalue weighted by Gasteiger charge is -2.02. The van der Waals surface area contributed by atoms with Crippen molar-refractivity contribution in [3.63, 3.8) is 0 Å². The fourth-order valence-corrected chi connectivity index (χ4v) is 4.08. The number of rotatable bonds is 3. The van der Waals surface area contributed by atoms with Gasteiger partial charge in [-0.2, -0.15) is 5.26 Å².